The van der Waals surface area contributed by atoms with E-state index in [9.17, 15) is 9.18 Å². The molecule has 0 aliphatic heterocycles. The van der Waals surface area contributed by atoms with Crippen LogP contribution in [0.15, 0.2) is 54.9 Å². The van der Waals surface area contributed by atoms with Gasteiger partial charge < -0.3 is 4.74 Å². The fraction of sp³-hybridized carbons (Fsp3) is 0.346. The number of hydrogen-bond acceptors (Lipinski definition) is 4. The van der Waals surface area contributed by atoms with Gasteiger partial charge in [-0.05, 0) is 48.9 Å². The highest BCUT2D eigenvalue weighted by molar-refractivity contribution is 5.91. The van der Waals surface area contributed by atoms with Crippen molar-refractivity contribution in [2.24, 2.45) is 0 Å². The number of aryl methyl sites for hydroxylation is 2. The van der Waals surface area contributed by atoms with Crippen molar-refractivity contribution in [1.82, 2.24) is 9.97 Å². The van der Waals surface area contributed by atoms with Crippen LogP contribution in [-0.2, 0) is 12.8 Å². The third-order valence-corrected chi connectivity index (χ3v) is 5.22. The van der Waals surface area contributed by atoms with Gasteiger partial charge >= 0.3 is 5.97 Å². The first-order valence-electron chi connectivity index (χ1n) is 11.0. The third kappa shape index (κ3) is 6.45. The first-order valence-corrected chi connectivity index (χ1v) is 11.0. The van der Waals surface area contributed by atoms with Crippen LogP contribution < -0.4 is 4.74 Å². The SMILES string of the molecule is CCCCCc1ccc(C(=O)Oc2cnc(-c3ccc(CCCC)cc3)cn2)c(F)c1. The molecule has 0 atom stereocenters. The molecule has 1 aromatic heterocycles. The Balaban J connectivity index is 1.62. The van der Waals surface area contributed by atoms with E-state index >= 15 is 0 Å². The van der Waals surface area contributed by atoms with Gasteiger partial charge in [0.05, 0.1) is 23.7 Å². The number of rotatable bonds is 10. The predicted octanol–water partition coefficient (Wildman–Crippen LogP) is 6.58. The highest BCUT2D eigenvalue weighted by Gasteiger charge is 2.16. The second-order valence-corrected chi connectivity index (χ2v) is 7.70. The molecule has 2 aromatic carbocycles. The van der Waals surface area contributed by atoms with Gasteiger partial charge in [0.1, 0.15) is 5.82 Å². The van der Waals surface area contributed by atoms with Crippen LogP contribution in [0.5, 0.6) is 5.88 Å². The molecule has 0 unspecified atom stereocenters. The van der Waals surface area contributed by atoms with E-state index in [1.54, 1.807) is 12.3 Å². The molecule has 31 heavy (non-hydrogen) atoms. The summed E-state index contributed by atoms with van der Waals surface area (Å²) < 4.78 is 19.6. The van der Waals surface area contributed by atoms with Gasteiger partial charge in [-0.15, -0.1) is 0 Å². The van der Waals surface area contributed by atoms with Crippen LogP contribution in [0.2, 0.25) is 0 Å². The van der Waals surface area contributed by atoms with E-state index in [0.717, 1.165) is 43.2 Å². The lowest BCUT2D eigenvalue weighted by Crippen LogP contribution is -2.12. The lowest BCUT2D eigenvalue weighted by Gasteiger charge is -2.07. The molecule has 3 rings (SSSR count). The standard InChI is InChI=1S/C26H29FN2O2/c1-3-5-7-9-20-12-15-22(23(27)16-20)26(30)31-25-18-28-24(17-29-25)21-13-10-19(11-14-21)8-6-4-2/h10-18H,3-9H2,1-2H3. The third-order valence-electron chi connectivity index (χ3n) is 5.22. The van der Waals surface area contributed by atoms with Crippen molar-refractivity contribution >= 4 is 5.97 Å². The fourth-order valence-electron chi connectivity index (χ4n) is 3.35. The van der Waals surface area contributed by atoms with Gasteiger partial charge in [0.15, 0.2) is 0 Å². The molecule has 0 saturated carbocycles. The van der Waals surface area contributed by atoms with E-state index in [1.807, 2.05) is 12.1 Å². The number of halogens is 1. The maximum absolute atomic E-state index is 14.4. The molecule has 0 fully saturated rings. The molecule has 0 saturated heterocycles. The van der Waals surface area contributed by atoms with Crippen LogP contribution >= 0.6 is 0 Å². The summed E-state index contributed by atoms with van der Waals surface area (Å²) in [5, 5.41) is 0. The Hall–Kier alpha value is -3.08. The highest BCUT2D eigenvalue weighted by atomic mass is 19.1. The van der Waals surface area contributed by atoms with Gasteiger partial charge in [0.2, 0.25) is 5.88 Å². The van der Waals surface area contributed by atoms with Gasteiger partial charge in [-0.3, -0.25) is 0 Å². The Morgan fingerprint density at radius 2 is 1.58 bits per heavy atom. The van der Waals surface area contributed by atoms with Crippen LogP contribution in [0.25, 0.3) is 11.3 Å². The Kier molecular flexibility index (Phi) is 8.27. The minimum Gasteiger partial charge on any atom is -0.402 e. The number of nitrogens with zero attached hydrogens (tertiary/aromatic N) is 2. The molecule has 5 heteroatoms. The largest absolute Gasteiger partial charge is 0.402 e. The number of hydrogen-bond donors (Lipinski definition) is 0. The van der Waals surface area contributed by atoms with Crippen molar-refractivity contribution in [3.8, 4) is 17.1 Å². The molecule has 0 radical (unpaired) electrons. The van der Waals surface area contributed by atoms with E-state index < -0.39 is 11.8 Å². The van der Waals surface area contributed by atoms with Gasteiger partial charge in [-0.25, -0.2) is 19.2 Å². The first-order chi connectivity index (χ1) is 15.1. The molecule has 3 aromatic rings. The molecule has 4 nitrogen and oxygen atoms in total. The van der Waals surface area contributed by atoms with Crippen molar-refractivity contribution in [3.05, 3.63) is 77.4 Å². The molecular formula is C26H29FN2O2. The second kappa shape index (κ2) is 11.3. The number of carbonyl (C=O) groups is 1. The smallest absolute Gasteiger partial charge is 0.347 e. The topological polar surface area (TPSA) is 52.1 Å². The summed E-state index contributed by atoms with van der Waals surface area (Å²) in [6.45, 7) is 4.30. The Morgan fingerprint density at radius 3 is 2.23 bits per heavy atom. The second-order valence-electron chi connectivity index (χ2n) is 7.70. The number of aromatic nitrogens is 2. The zero-order valence-electron chi connectivity index (χ0n) is 18.2. The Morgan fingerprint density at radius 1 is 0.871 bits per heavy atom. The lowest BCUT2D eigenvalue weighted by atomic mass is 10.0. The predicted molar refractivity (Wildman–Crippen MR) is 121 cm³/mol. The zero-order valence-corrected chi connectivity index (χ0v) is 18.2. The van der Waals surface area contributed by atoms with E-state index in [-0.39, 0.29) is 11.4 Å². The summed E-state index contributed by atoms with van der Waals surface area (Å²) >= 11 is 0. The molecule has 0 aliphatic rings. The van der Waals surface area contributed by atoms with Crippen LogP contribution in [0.1, 0.15) is 67.4 Å². The summed E-state index contributed by atoms with van der Waals surface area (Å²) in [5.74, 6) is -1.31. The van der Waals surface area contributed by atoms with Gasteiger partial charge in [-0.1, -0.05) is 63.4 Å². The van der Waals surface area contributed by atoms with Crippen molar-refractivity contribution in [3.63, 3.8) is 0 Å². The molecule has 162 valence electrons. The van der Waals surface area contributed by atoms with E-state index in [1.165, 1.54) is 36.7 Å². The summed E-state index contributed by atoms with van der Waals surface area (Å²) in [6.07, 6.45) is 10.3. The van der Waals surface area contributed by atoms with Crippen LogP contribution in [0.4, 0.5) is 4.39 Å². The molecule has 0 aliphatic carbocycles. The van der Waals surface area contributed by atoms with Crippen LogP contribution in [0, 0.1) is 5.82 Å². The first kappa shape index (κ1) is 22.6. The minimum absolute atomic E-state index is 0.0414. The molecule has 1 heterocycles. The molecular weight excluding hydrogens is 391 g/mol. The zero-order chi connectivity index (χ0) is 22.1. The Labute approximate surface area is 183 Å². The molecule has 0 N–H and O–H groups in total. The van der Waals surface area contributed by atoms with Crippen molar-refractivity contribution in [1.29, 1.82) is 0 Å². The Bertz CT molecular complexity index is 985. The fourth-order valence-corrected chi connectivity index (χ4v) is 3.35. The maximum Gasteiger partial charge on any atom is 0.347 e. The minimum atomic E-state index is -0.778. The maximum atomic E-state index is 14.4. The summed E-state index contributed by atoms with van der Waals surface area (Å²) in [6, 6.07) is 12.9. The van der Waals surface area contributed by atoms with Crippen molar-refractivity contribution in [2.45, 2.75) is 58.8 Å². The normalized spacial score (nSPS) is 10.8. The molecule has 0 spiro atoms. The number of unbranched alkanes of at least 4 members (excludes halogenated alkanes) is 3. The number of esters is 1. The van der Waals surface area contributed by atoms with E-state index in [2.05, 4.69) is 35.9 Å². The summed E-state index contributed by atoms with van der Waals surface area (Å²) in [5.41, 5.74) is 3.70. The number of carbonyl (C=O) groups excluding carboxylic acids is 1. The van der Waals surface area contributed by atoms with Crippen LogP contribution in [-0.4, -0.2) is 15.9 Å². The molecule has 0 bridgehead atoms. The quantitative estimate of drug-likeness (QED) is 0.275. The summed E-state index contributed by atoms with van der Waals surface area (Å²) in [7, 11) is 0. The van der Waals surface area contributed by atoms with Crippen LogP contribution in [0.3, 0.4) is 0 Å². The van der Waals surface area contributed by atoms with Crippen molar-refractivity contribution in [2.75, 3.05) is 0 Å². The van der Waals surface area contributed by atoms with E-state index in [0.29, 0.717) is 5.69 Å². The van der Waals surface area contributed by atoms with Gasteiger partial charge in [0, 0.05) is 5.56 Å². The average Bonchev–Trinajstić information content (AvgIpc) is 2.79. The average molecular weight is 421 g/mol. The number of ether oxygens (including phenoxy) is 1. The highest BCUT2D eigenvalue weighted by Crippen LogP contribution is 2.20. The summed E-state index contributed by atoms with van der Waals surface area (Å²) in [4.78, 5) is 20.8. The molecule has 0 amide bonds. The van der Waals surface area contributed by atoms with Crippen molar-refractivity contribution < 1.29 is 13.9 Å². The lowest BCUT2D eigenvalue weighted by molar-refractivity contribution is 0.0722. The van der Waals surface area contributed by atoms with Gasteiger partial charge in [-0.2, -0.15) is 0 Å². The number of benzene rings is 2. The monoisotopic (exact) mass is 420 g/mol. The van der Waals surface area contributed by atoms with Gasteiger partial charge in [0.25, 0.3) is 0 Å². The van der Waals surface area contributed by atoms with E-state index in [4.69, 9.17) is 4.74 Å².